The lowest BCUT2D eigenvalue weighted by molar-refractivity contribution is -0.139. The van der Waals surface area contributed by atoms with Gasteiger partial charge in [-0.05, 0) is 31.4 Å². The molecular formula is C21H26N4O3. The zero-order valence-electron chi connectivity index (χ0n) is 16.4. The largest absolute Gasteiger partial charge is 0.378 e. The molecular weight excluding hydrogens is 356 g/mol. The second-order valence-electron chi connectivity index (χ2n) is 7.50. The number of aromatic nitrogens is 2. The number of ether oxygens (including phenoxy) is 1. The standard InChI is InChI=1S/C21H26N4O3/c1-15-5-7-16(8-6-15)19-14-17(22-23(19)2)20(26)25-9-3-4-18(25)21(27)24-10-12-28-13-11-24/h5-8,14,18H,3-4,9-13H2,1-2H3/t18-/m0/s1. The molecule has 4 rings (SSSR count). The zero-order chi connectivity index (χ0) is 19.7. The number of morpholine rings is 1. The molecule has 0 aliphatic carbocycles. The van der Waals surface area contributed by atoms with E-state index in [9.17, 15) is 9.59 Å². The molecule has 3 heterocycles. The van der Waals surface area contributed by atoms with Gasteiger partial charge >= 0.3 is 0 Å². The minimum Gasteiger partial charge on any atom is -0.378 e. The summed E-state index contributed by atoms with van der Waals surface area (Å²) < 4.78 is 7.06. The molecule has 0 saturated carbocycles. The van der Waals surface area contributed by atoms with Crippen molar-refractivity contribution in [3.63, 3.8) is 0 Å². The summed E-state index contributed by atoms with van der Waals surface area (Å²) >= 11 is 0. The van der Waals surface area contributed by atoms with Crippen molar-refractivity contribution in [3.8, 4) is 11.3 Å². The fraction of sp³-hybridized carbons (Fsp3) is 0.476. The number of carbonyl (C=O) groups is 2. The number of amides is 2. The smallest absolute Gasteiger partial charge is 0.275 e. The van der Waals surface area contributed by atoms with E-state index in [0.29, 0.717) is 45.0 Å². The molecule has 0 spiro atoms. The van der Waals surface area contributed by atoms with Gasteiger partial charge in [0.05, 0.1) is 18.9 Å². The minimum absolute atomic E-state index is 0.0313. The van der Waals surface area contributed by atoms with E-state index < -0.39 is 6.04 Å². The Hall–Kier alpha value is -2.67. The summed E-state index contributed by atoms with van der Waals surface area (Å²) in [6.45, 7) is 4.95. The molecule has 2 aliphatic rings. The Bertz CT molecular complexity index is 868. The lowest BCUT2D eigenvalue weighted by Gasteiger charge is -2.32. The van der Waals surface area contributed by atoms with Crippen LogP contribution in [0.25, 0.3) is 11.3 Å². The van der Waals surface area contributed by atoms with E-state index in [1.165, 1.54) is 5.56 Å². The van der Waals surface area contributed by atoms with E-state index in [1.54, 1.807) is 9.58 Å². The van der Waals surface area contributed by atoms with Gasteiger partial charge in [0.1, 0.15) is 6.04 Å². The number of nitrogens with zero attached hydrogens (tertiary/aromatic N) is 4. The van der Waals surface area contributed by atoms with Crippen LogP contribution in [-0.2, 0) is 16.6 Å². The number of likely N-dealkylation sites (tertiary alicyclic amines) is 1. The van der Waals surface area contributed by atoms with Crippen molar-refractivity contribution in [2.75, 3.05) is 32.8 Å². The van der Waals surface area contributed by atoms with Crippen LogP contribution >= 0.6 is 0 Å². The molecule has 2 aromatic rings. The summed E-state index contributed by atoms with van der Waals surface area (Å²) in [4.78, 5) is 29.6. The Morgan fingerprint density at radius 3 is 2.54 bits per heavy atom. The van der Waals surface area contributed by atoms with E-state index in [2.05, 4.69) is 5.10 Å². The van der Waals surface area contributed by atoms with Gasteiger partial charge in [-0.15, -0.1) is 0 Å². The normalized spacial score (nSPS) is 19.9. The van der Waals surface area contributed by atoms with Crippen LogP contribution in [0.15, 0.2) is 30.3 Å². The quantitative estimate of drug-likeness (QED) is 0.813. The lowest BCUT2D eigenvalue weighted by atomic mass is 10.1. The zero-order valence-corrected chi connectivity index (χ0v) is 16.4. The molecule has 7 heteroatoms. The van der Waals surface area contributed by atoms with Crippen molar-refractivity contribution in [2.45, 2.75) is 25.8 Å². The van der Waals surface area contributed by atoms with E-state index in [-0.39, 0.29) is 11.8 Å². The van der Waals surface area contributed by atoms with Gasteiger partial charge in [0, 0.05) is 26.7 Å². The summed E-state index contributed by atoms with van der Waals surface area (Å²) in [7, 11) is 1.84. The van der Waals surface area contributed by atoms with Gasteiger partial charge in [-0.2, -0.15) is 5.10 Å². The van der Waals surface area contributed by atoms with Crippen LogP contribution in [0.1, 0.15) is 28.9 Å². The third-order valence-electron chi connectivity index (χ3n) is 5.57. The summed E-state index contributed by atoms with van der Waals surface area (Å²) in [5, 5.41) is 4.44. The minimum atomic E-state index is -0.393. The maximum atomic E-state index is 13.2. The van der Waals surface area contributed by atoms with Crippen molar-refractivity contribution in [1.82, 2.24) is 19.6 Å². The summed E-state index contributed by atoms with van der Waals surface area (Å²) in [5.41, 5.74) is 3.48. The van der Waals surface area contributed by atoms with Gasteiger partial charge in [0.15, 0.2) is 5.69 Å². The number of hydrogen-bond acceptors (Lipinski definition) is 4. The highest BCUT2D eigenvalue weighted by molar-refractivity contribution is 5.97. The van der Waals surface area contributed by atoms with E-state index in [0.717, 1.165) is 17.7 Å². The second kappa shape index (κ2) is 7.75. The fourth-order valence-corrected chi connectivity index (χ4v) is 3.97. The topological polar surface area (TPSA) is 67.7 Å². The van der Waals surface area contributed by atoms with Crippen molar-refractivity contribution < 1.29 is 14.3 Å². The summed E-state index contributed by atoms with van der Waals surface area (Å²) in [5.74, 6) is -0.137. The van der Waals surface area contributed by atoms with E-state index >= 15 is 0 Å². The Kier molecular flexibility index (Phi) is 5.17. The van der Waals surface area contributed by atoms with Crippen LogP contribution in [0.2, 0.25) is 0 Å². The van der Waals surface area contributed by atoms with Crippen molar-refractivity contribution in [3.05, 3.63) is 41.6 Å². The molecule has 2 fully saturated rings. The molecule has 1 aromatic carbocycles. The van der Waals surface area contributed by atoms with Crippen molar-refractivity contribution >= 4 is 11.8 Å². The Morgan fingerprint density at radius 2 is 1.82 bits per heavy atom. The number of aryl methyl sites for hydroxylation is 2. The lowest BCUT2D eigenvalue weighted by Crippen LogP contribution is -2.51. The van der Waals surface area contributed by atoms with Gasteiger partial charge in [0.2, 0.25) is 5.91 Å². The highest BCUT2D eigenvalue weighted by Crippen LogP contribution is 2.25. The predicted octanol–water partition coefficient (Wildman–Crippen LogP) is 1.86. The third kappa shape index (κ3) is 3.54. The van der Waals surface area contributed by atoms with Crippen LogP contribution < -0.4 is 0 Å². The van der Waals surface area contributed by atoms with Gasteiger partial charge in [-0.3, -0.25) is 14.3 Å². The van der Waals surface area contributed by atoms with Crippen LogP contribution in [-0.4, -0.2) is 70.3 Å². The molecule has 7 nitrogen and oxygen atoms in total. The van der Waals surface area contributed by atoms with E-state index in [1.807, 2.05) is 49.2 Å². The first-order valence-electron chi connectivity index (χ1n) is 9.83. The van der Waals surface area contributed by atoms with E-state index in [4.69, 9.17) is 4.74 Å². The van der Waals surface area contributed by atoms with Crippen LogP contribution in [0, 0.1) is 6.92 Å². The SMILES string of the molecule is Cc1ccc(-c2cc(C(=O)N3CCC[C@H]3C(=O)N3CCOCC3)nn2C)cc1. The molecule has 2 saturated heterocycles. The monoisotopic (exact) mass is 382 g/mol. The number of rotatable bonds is 3. The summed E-state index contributed by atoms with van der Waals surface area (Å²) in [6.07, 6.45) is 1.55. The number of benzene rings is 1. The van der Waals surface area contributed by atoms with Crippen molar-refractivity contribution in [2.24, 2.45) is 7.05 Å². The molecule has 1 aromatic heterocycles. The van der Waals surface area contributed by atoms with Crippen LogP contribution in [0.4, 0.5) is 0 Å². The first-order valence-corrected chi connectivity index (χ1v) is 9.83. The third-order valence-corrected chi connectivity index (χ3v) is 5.57. The fourth-order valence-electron chi connectivity index (χ4n) is 3.97. The predicted molar refractivity (Wildman–Crippen MR) is 105 cm³/mol. The molecule has 0 N–H and O–H groups in total. The molecule has 0 unspecified atom stereocenters. The molecule has 0 radical (unpaired) electrons. The highest BCUT2D eigenvalue weighted by atomic mass is 16.5. The number of carbonyl (C=O) groups excluding carboxylic acids is 2. The highest BCUT2D eigenvalue weighted by Gasteiger charge is 2.38. The average Bonchev–Trinajstić information content (AvgIpc) is 3.35. The maximum Gasteiger partial charge on any atom is 0.275 e. The van der Waals surface area contributed by atoms with Gasteiger partial charge < -0.3 is 14.5 Å². The van der Waals surface area contributed by atoms with Crippen LogP contribution in [0.5, 0.6) is 0 Å². The van der Waals surface area contributed by atoms with Gasteiger partial charge in [-0.1, -0.05) is 29.8 Å². The molecule has 2 amide bonds. The number of hydrogen-bond donors (Lipinski definition) is 0. The van der Waals surface area contributed by atoms with Crippen LogP contribution in [0.3, 0.4) is 0 Å². The molecule has 1 atom stereocenters. The molecule has 2 aliphatic heterocycles. The molecule has 148 valence electrons. The van der Waals surface area contributed by atoms with Gasteiger partial charge in [0.25, 0.3) is 5.91 Å². The van der Waals surface area contributed by atoms with Gasteiger partial charge in [-0.25, -0.2) is 0 Å². The Balaban J connectivity index is 1.54. The second-order valence-corrected chi connectivity index (χ2v) is 7.50. The maximum absolute atomic E-state index is 13.2. The molecule has 28 heavy (non-hydrogen) atoms. The Labute approximate surface area is 164 Å². The van der Waals surface area contributed by atoms with Crippen molar-refractivity contribution in [1.29, 1.82) is 0 Å². The Morgan fingerprint density at radius 1 is 1.11 bits per heavy atom. The molecule has 0 bridgehead atoms. The summed E-state index contributed by atoms with van der Waals surface area (Å²) in [6, 6.07) is 9.57. The first-order chi connectivity index (χ1) is 13.5. The first kappa shape index (κ1) is 18.7. The average molecular weight is 382 g/mol.